The number of unbranched alkanes of at least 4 members (excludes halogenated alkanes) is 28. The van der Waals surface area contributed by atoms with Crippen LogP contribution in [0, 0.1) is 34.6 Å². The number of hydrogen-bond acceptors (Lipinski definition) is 14. The number of benzene rings is 3. The van der Waals surface area contributed by atoms with Crippen molar-refractivity contribution in [1.82, 2.24) is 0 Å². The fourth-order valence-electron chi connectivity index (χ4n) is 12.6. The predicted octanol–water partition coefficient (Wildman–Crippen LogP) is 22.6. The van der Waals surface area contributed by atoms with Crippen molar-refractivity contribution >= 4 is 0 Å². The average Bonchev–Trinajstić information content (AvgIpc) is 0.798. The Labute approximate surface area is 774 Å². The van der Waals surface area contributed by atoms with Gasteiger partial charge in [0.2, 0.25) is 23.0 Å². The molecule has 3 aromatic rings. The molecule has 0 aliphatic carbocycles. The van der Waals surface area contributed by atoms with E-state index in [9.17, 15) is 0 Å². The van der Waals surface area contributed by atoms with Gasteiger partial charge in [-0.25, -0.2) is 0 Å². The minimum atomic E-state index is 0. The van der Waals surface area contributed by atoms with E-state index in [0.717, 1.165) is 178 Å². The molecule has 0 heterocycles. The molecule has 0 unspecified atom stereocenters. The van der Waals surface area contributed by atoms with Crippen LogP contribution in [0.3, 0.4) is 0 Å². The second-order valence-electron chi connectivity index (χ2n) is 27.6. The summed E-state index contributed by atoms with van der Waals surface area (Å²) in [7, 11) is 11.9. The van der Waals surface area contributed by atoms with Gasteiger partial charge in [0.05, 0.1) is 69.1 Å². The SMILES string of the molecule is CC/C(C)=C/Cc1c(C)c(OC)c(OC)c(OCCCCCCCCCCO)c1C.CC/C(C)=C/Cc1c(C)c(OCCCCCCCCCCO)c(OC)c(OC)c1OCCCCCCCCCCO.COCCCCCCCCCCOc1c(CC=C(C)C)c(C)c(C)c(OC)c1OC.[Y].[Y].[Y].[Y].[Y]. The maximum Gasteiger partial charge on any atom is 0.207 e. The molecule has 5 radical (unpaired) electrons. The first kappa shape index (κ1) is 115. The van der Waals surface area contributed by atoms with Crippen molar-refractivity contribution in [2.75, 3.05) is 103 Å². The molecule has 3 N–H and O–H groups in total. The molecule has 14 nitrogen and oxygen atoms in total. The van der Waals surface area contributed by atoms with E-state index in [1.807, 2.05) is 0 Å². The molecule has 0 saturated carbocycles. The minimum absolute atomic E-state index is 0. The van der Waals surface area contributed by atoms with Gasteiger partial charge < -0.3 is 67.4 Å². The monoisotopic (exact) mass is 1860 g/mol. The topological polar surface area (TPSA) is 162 Å². The van der Waals surface area contributed by atoms with Gasteiger partial charge in [-0.15, -0.1) is 0 Å². The van der Waals surface area contributed by atoms with E-state index in [1.165, 1.54) is 162 Å². The van der Waals surface area contributed by atoms with Crippen LogP contribution in [0.1, 0.15) is 304 Å². The summed E-state index contributed by atoms with van der Waals surface area (Å²) in [6.45, 7) is 28.0. The quantitative estimate of drug-likeness (QED) is 0.0361. The van der Waals surface area contributed by atoms with E-state index in [2.05, 4.69) is 94.4 Å². The van der Waals surface area contributed by atoms with Crippen molar-refractivity contribution in [1.29, 1.82) is 0 Å². The third kappa shape index (κ3) is 47.9. The van der Waals surface area contributed by atoms with E-state index in [-0.39, 0.29) is 164 Å². The third-order valence-corrected chi connectivity index (χ3v) is 19.5. The van der Waals surface area contributed by atoms with E-state index in [4.69, 9.17) is 67.4 Å². The van der Waals surface area contributed by atoms with Crippen LogP contribution in [0.15, 0.2) is 34.9 Å². The van der Waals surface area contributed by atoms with Crippen LogP contribution in [0.25, 0.3) is 0 Å². The van der Waals surface area contributed by atoms with Gasteiger partial charge in [0.1, 0.15) is 0 Å². The summed E-state index contributed by atoms with van der Waals surface area (Å²) in [6, 6.07) is 0. The van der Waals surface area contributed by atoms with Crippen molar-refractivity contribution in [3.63, 3.8) is 0 Å². The van der Waals surface area contributed by atoms with Crippen molar-refractivity contribution < 1.29 is 231 Å². The van der Waals surface area contributed by atoms with Crippen LogP contribution in [0.2, 0.25) is 0 Å². The van der Waals surface area contributed by atoms with Gasteiger partial charge in [-0.05, 0) is 174 Å². The maximum absolute atomic E-state index is 8.91. The van der Waals surface area contributed by atoms with Gasteiger partial charge >= 0.3 is 0 Å². The molecule has 0 amide bonds. The summed E-state index contributed by atoms with van der Waals surface area (Å²) >= 11 is 0. The molecule has 0 fully saturated rings. The zero-order chi connectivity index (χ0) is 74.8. The van der Waals surface area contributed by atoms with Crippen molar-refractivity contribution in [2.45, 2.75) is 314 Å². The molecule has 0 aliphatic rings. The van der Waals surface area contributed by atoms with E-state index < -0.39 is 0 Å². The zero-order valence-corrected chi connectivity index (χ0v) is 85.0. The molecule has 0 aromatic heterocycles. The number of rotatable bonds is 59. The van der Waals surface area contributed by atoms with Crippen LogP contribution in [-0.2, 0) is 188 Å². The first-order valence-electron chi connectivity index (χ1n) is 39.6. The molecule has 3 aromatic carbocycles. The number of aliphatic hydroxyl groups is 3. The number of ether oxygens (including phenoxy) is 11. The Morgan fingerprint density at radius 2 is 0.481 bits per heavy atom. The van der Waals surface area contributed by atoms with Crippen molar-refractivity contribution in [3.05, 3.63) is 79.5 Å². The predicted molar refractivity (Wildman–Crippen MR) is 424 cm³/mol. The smallest absolute Gasteiger partial charge is 0.207 e. The summed E-state index contributed by atoms with van der Waals surface area (Å²) in [6.07, 6.45) is 48.8. The van der Waals surface area contributed by atoms with Gasteiger partial charge in [0, 0.05) is 214 Å². The summed E-state index contributed by atoms with van der Waals surface area (Å²) < 4.78 is 64.9. The van der Waals surface area contributed by atoms with Gasteiger partial charge in [-0.1, -0.05) is 203 Å². The second-order valence-corrected chi connectivity index (χ2v) is 27.6. The van der Waals surface area contributed by atoms with Crippen molar-refractivity contribution in [2.24, 2.45) is 0 Å². The number of methoxy groups -OCH3 is 7. The molecule has 597 valence electrons. The maximum atomic E-state index is 8.91. The Balaban J connectivity index is -0.000000478. The summed E-state index contributed by atoms with van der Waals surface area (Å²) in [5.41, 5.74) is 13.3. The fraction of sp³-hybridized carbons (Fsp3) is 0.724. The van der Waals surface area contributed by atoms with Crippen LogP contribution in [-0.4, -0.2) is 118 Å². The van der Waals surface area contributed by atoms with Gasteiger partial charge in [0.25, 0.3) is 0 Å². The van der Waals surface area contributed by atoms with Crippen LogP contribution in [0.4, 0.5) is 0 Å². The van der Waals surface area contributed by atoms with Gasteiger partial charge in [0.15, 0.2) is 34.5 Å². The number of aliphatic hydroxyl groups excluding tert-OH is 3. The van der Waals surface area contributed by atoms with E-state index in [1.54, 1.807) is 49.8 Å². The fourth-order valence-corrected chi connectivity index (χ4v) is 12.6. The molecule has 0 atom stereocenters. The zero-order valence-electron chi connectivity index (χ0n) is 70.8. The Kier molecular flexibility index (Phi) is 82.9. The van der Waals surface area contributed by atoms with E-state index in [0.29, 0.717) is 69.2 Å². The summed E-state index contributed by atoms with van der Waals surface area (Å²) in [4.78, 5) is 0. The van der Waals surface area contributed by atoms with Crippen LogP contribution < -0.4 is 47.4 Å². The van der Waals surface area contributed by atoms with Crippen LogP contribution >= 0.6 is 0 Å². The first-order chi connectivity index (χ1) is 49.0. The Hall–Kier alpha value is 0.239. The largest absolute Gasteiger partial charge is 0.492 e. The molecule has 0 bridgehead atoms. The number of allylic oxidation sites excluding steroid dienone is 6. The second kappa shape index (κ2) is 76.5. The van der Waals surface area contributed by atoms with Gasteiger partial charge in [-0.3, -0.25) is 0 Å². The Morgan fingerprint density at radius 3 is 0.783 bits per heavy atom. The average molecular weight is 1860 g/mol. The summed E-state index contributed by atoms with van der Waals surface area (Å²) in [5, 5.41) is 26.6. The normalized spacial score (nSPS) is 10.8. The summed E-state index contributed by atoms with van der Waals surface area (Å²) in [5.74, 6) is 7.42. The molecule has 0 spiro atoms. The minimum Gasteiger partial charge on any atom is -0.492 e. The molecule has 0 saturated heterocycles. The van der Waals surface area contributed by atoms with Crippen LogP contribution in [0.5, 0.6) is 57.5 Å². The molecular formula is C87H150O14Y5. The molecule has 106 heavy (non-hydrogen) atoms. The molecule has 3 rings (SSSR count). The number of hydrogen-bond donors (Lipinski definition) is 3. The standard InChI is InChI=1S/C35H62O6.2C26H44O4.5Y/c1-6-29(2)23-24-31-30(3)32(40-27-21-17-13-9-7-11-15-19-25-36)34(38-4)35(39-5)33(31)41-28-22-18-14-10-8-12-16-20-26-37;1-20(2)16-17-23-21(3)22(4)24(28-6)26(29-7)25(23)30-19-15-13-11-9-8-10-12-14-18-27-5;1-7-20(2)16-17-23-21(3)24(28-5)26(29-6)25(22(23)4)30-19-15-13-11-9-8-10-12-14-18-27;;;;;/h23,36-37H,6-22,24-28H2,1-5H3;16H,8-15,17-19H2,1-7H3;16,27H,7-15,17-19H2,1-6H3;;;;;/b29-23+;;20-16+;;;;;. The van der Waals surface area contributed by atoms with E-state index >= 15 is 0 Å². The third-order valence-electron chi connectivity index (χ3n) is 19.5. The molecule has 0 aliphatic heterocycles. The Bertz CT molecular complexity index is 2720. The molecular weight excluding hydrogens is 1710 g/mol. The van der Waals surface area contributed by atoms with Crippen molar-refractivity contribution in [3.8, 4) is 57.5 Å². The Morgan fingerprint density at radius 1 is 0.255 bits per heavy atom. The molecule has 19 heteroatoms. The first-order valence-corrected chi connectivity index (χ1v) is 39.6. The van der Waals surface area contributed by atoms with Gasteiger partial charge in [-0.2, -0.15) is 0 Å².